The summed E-state index contributed by atoms with van der Waals surface area (Å²) in [7, 11) is 0. The lowest BCUT2D eigenvalue weighted by atomic mass is 10.1. The van der Waals surface area contributed by atoms with Crippen LogP contribution in [0, 0.1) is 6.92 Å². The van der Waals surface area contributed by atoms with Gasteiger partial charge in [0.05, 0.1) is 6.10 Å². The van der Waals surface area contributed by atoms with Crippen LogP contribution in [-0.2, 0) is 16.0 Å². The van der Waals surface area contributed by atoms with Crippen molar-refractivity contribution in [2.75, 3.05) is 13.2 Å². The third kappa shape index (κ3) is 4.16. The number of benzene rings is 1. The molecule has 1 fully saturated rings. The molecule has 0 radical (unpaired) electrons. The third-order valence-electron chi connectivity index (χ3n) is 3.97. The van der Waals surface area contributed by atoms with Crippen molar-refractivity contribution in [2.45, 2.75) is 38.7 Å². The average molecular weight is 315 g/mol. The van der Waals surface area contributed by atoms with Gasteiger partial charge in [-0.05, 0) is 25.3 Å². The number of amides is 1. The van der Waals surface area contributed by atoms with Gasteiger partial charge in [0.15, 0.2) is 0 Å². The van der Waals surface area contributed by atoms with Crippen molar-refractivity contribution < 1.29 is 14.1 Å². The first kappa shape index (κ1) is 15.7. The Labute approximate surface area is 135 Å². The number of carbonyl (C=O) groups excluding carboxylic acids is 1. The van der Waals surface area contributed by atoms with E-state index >= 15 is 0 Å². The molecule has 3 rings (SSSR count). The minimum atomic E-state index is -0.0175. The van der Waals surface area contributed by atoms with Crippen LogP contribution >= 0.6 is 0 Å². The van der Waals surface area contributed by atoms with Crippen LogP contribution in [0.2, 0.25) is 0 Å². The van der Waals surface area contributed by atoms with Crippen LogP contribution in [0.15, 0.2) is 28.8 Å². The van der Waals surface area contributed by atoms with E-state index in [1.54, 1.807) is 0 Å². The standard InChI is InChI=1S/C17H21N3O3/c1-12-5-2-3-7-14(12)17-19-16(23-20-17)9-8-15(21)18-11-13-6-4-10-22-13/h2-3,5,7,13H,4,6,8-11H2,1H3,(H,18,21)/t13-/m0/s1. The zero-order valence-corrected chi connectivity index (χ0v) is 13.2. The van der Waals surface area contributed by atoms with Gasteiger partial charge in [0.1, 0.15) is 0 Å². The molecule has 1 amide bonds. The Morgan fingerprint density at radius 3 is 3.04 bits per heavy atom. The average Bonchev–Trinajstić information content (AvgIpc) is 3.23. The van der Waals surface area contributed by atoms with Gasteiger partial charge >= 0.3 is 0 Å². The fraction of sp³-hybridized carbons (Fsp3) is 0.471. The number of hydrogen-bond acceptors (Lipinski definition) is 5. The lowest BCUT2D eigenvalue weighted by molar-refractivity contribution is -0.121. The highest BCUT2D eigenvalue weighted by atomic mass is 16.5. The molecule has 2 aromatic rings. The Hall–Kier alpha value is -2.21. The number of carbonyl (C=O) groups is 1. The predicted molar refractivity (Wildman–Crippen MR) is 84.8 cm³/mol. The van der Waals surface area contributed by atoms with Crippen LogP contribution in [0.1, 0.15) is 30.7 Å². The van der Waals surface area contributed by atoms with Crippen molar-refractivity contribution in [1.29, 1.82) is 0 Å². The molecule has 0 bridgehead atoms. The summed E-state index contributed by atoms with van der Waals surface area (Å²) in [5.41, 5.74) is 2.04. The van der Waals surface area contributed by atoms with E-state index in [2.05, 4.69) is 15.5 Å². The molecular weight excluding hydrogens is 294 g/mol. The second-order valence-corrected chi connectivity index (χ2v) is 5.77. The highest BCUT2D eigenvalue weighted by Gasteiger charge is 2.17. The molecule has 0 aliphatic carbocycles. The van der Waals surface area contributed by atoms with Gasteiger partial charge < -0.3 is 14.6 Å². The SMILES string of the molecule is Cc1ccccc1-c1noc(CCC(=O)NC[C@@H]2CCCO2)n1. The fourth-order valence-electron chi connectivity index (χ4n) is 2.63. The van der Waals surface area contributed by atoms with Crippen LogP contribution < -0.4 is 5.32 Å². The number of ether oxygens (including phenoxy) is 1. The van der Waals surface area contributed by atoms with E-state index in [4.69, 9.17) is 9.26 Å². The Kier molecular flexibility index (Phi) is 5.02. The van der Waals surface area contributed by atoms with E-state index in [1.807, 2.05) is 31.2 Å². The lowest BCUT2D eigenvalue weighted by Crippen LogP contribution is -2.31. The van der Waals surface area contributed by atoms with Crippen molar-refractivity contribution in [3.05, 3.63) is 35.7 Å². The first-order valence-corrected chi connectivity index (χ1v) is 7.99. The Morgan fingerprint density at radius 1 is 1.39 bits per heavy atom. The van der Waals surface area contributed by atoms with Gasteiger partial charge in [-0.15, -0.1) is 0 Å². The Morgan fingerprint density at radius 2 is 2.26 bits per heavy atom. The van der Waals surface area contributed by atoms with Crippen molar-refractivity contribution in [3.8, 4) is 11.4 Å². The van der Waals surface area contributed by atoms with E-state index in [-0.39, 0.29) is 12.0 Å². The van der Waals surface area contributed by atoms with Gasteiger partial charge in [0, 0.05) is 31.6 Å². The molecule has 0 saturated carbocycles. The number of hydrogen-bond donors (Lipinski definition) is 1. The molecular formula is C17H21N3O3. The summed E-state index contributed by atoms with van der Waals surface area (Å²) in [5, 5.41) is 6.89. The zero-order chi connectivity index (χ0) is 16.1. The number of aromatic nitrogens is 2. The van der Waals surface area contributed by atoms with Gasteiger partial charge in [0.25, 0.3) is 0 Å². The van der Waals surface area contributed by atoms with E-state index in [9.17, 15) is 4.79 Å². The quantitative estimate of drug-likeness (QED) is 0.885. The fourth-order valence-corrected chi connectivity index (χ4v) is 2.63. The molecule has 0 spiro atoms. The highest BCUT2D eigenvalue weighted by molar-refractivity contribution is 5.76. The zero-order valence-electron chi connectivity index (χ0n) is 13.2. The highest BCUT2D eigenvalue weighted by Crippen LogP contribution is 2.20. The Bertz CT molecular complexity index is 663. The molecule has 1 aromatic heterocycles. The molecule has 1 atom stereocenters. The number of nitrogens with one attached hydrogen (secondary N) is 1. The van der Waals surface area contributed by atoms with E-state index in [0.717, 1.165) is 30.6 Å². The predicted octanol–water partition coefficient (Wildman–Crippen LogP) is 2.27. The molecule has 2 heterocycles. The lowest BCUT2D eigenvalue weighted by Gasteiger charge is -2.09. The number of rotatable bonds is 6. The van der Waals surface area contributed by atoms with E-state index in [1.165, 1.54) is 0 Å². The Balaban J connectivity index is 1.49. The monoisotopic (exact) mass is 315 g/mol. The van der Waals surface area contributed by atoms with E-state index < -0.39 is 0 Å². The van der Waals surface area contributed by atoms with Crippen LogP contribution in [-0.4, -0.2) is 35.3 Å². The minimum absolute atomic E-state index is 0.0175. The molecule has 6 nitrogen and oxygen atoms in total. The molecule has 0 unspecified atom stereocenters. The summed E-state index contributed by atoms with van der Waals surface area (Å²) in [5.74, 6) is 1.03. The van der Waals surface area contributed by atoms with Crippen molar-refractivity contribution >= 4 is 5.91 Å². The molecule has 1 aromatic carbocycles. The van der Waals surface area contributed by atoms with Gasteiger partial charge in [-0.2, -0.15) is 4.98 Å². The molecule has 1 aliphatic heterocycles. The molecule has 122 valence electrons. The van der Waals surface area contributed by atoms with Crippen molar-refractivity contribution in [3.63, 3.8) is 0 Å². The second kappa shape index (κ2) is 7.37. The summed E-state index contributed by atoms with van der Waals surface area (Å²) in [6.07, 6.45) is 3.03. The van der Waals surface area contributed by atoms with Crippen molar-refractivity contribution in [1.82, 2.24) is 15.5 Å². The largest absolute Gasteiger partial charge is 0.376 e. The van der Waals surface area contributed by atoms with Crippen LogP contribution in [0.25, 0.3) is 11.4 Å². The summed E-state index contributed by atoms with van der Waals surface area (Å²) >= 11 is 0. The summed E-state index contributed by atoms with van der Waals surface area (Å²) < 4.78 is 10.7. The second-order valence-electron chi connectivity index (χ2n) is 5.77. The molecule has 1 saturated heterocycles. The first-order valence-electron chi connectivity index (χ1n) is 7.99. The van der Waals surface area contributed by atoms with Gasteiger partial charge in [-0.3, -0.25) is 4.79 Å². The first-order chi connectivity index (χ1) is 11.2. The number of aryl methyl sites for hydroxylation is 2. The minimum Gasteiger partial charge on any atom is -0.376 e. The summed E-state index contributed by atoms with van der Waals surface area (Å²) in [6, 6.07) is 7.87. The van der Waals surface area contributed by atoms with Gasteiger partial charge in [-0.1, -0.05) is 29.4 Å². The molecule has 1 aliphatic rings. The molecule has 1 N–H and O–H groups in total. The van der Waals surface area contributed by atoms with Crippen LogP contribution in [0.4, 0.5) is 0 Å². The smallest absolute Gasteiger partial charge is 0.227 e. The maximum atomic E-state index is 11.8. The van der Waals surface area contributed by atoms with Gasteiger partial charge in [-0.25, -0.2) is 0 Å². The molecule has 23 heavy (non-hydrogen) atoms. The maximum Gasteiger partial charge on any atom is 0.227 e. The van der Waals surface area contributed by atoms with E-state index in [0.29, 0.717) is 31.1 Å². The van der Waals surface area contributed by atoms with Crippen LogP contribution in [0.5, 0.6) is 0 Å². The topological polar surface area (TPSA) is 77.2 Å². The van der Waals surface area contributed by atoms with Gasteiger partial charge in [0.2, 0.25) is 17.6 Å². The van der Waals surface area contributed by atoms with Crippen LogP contribution in [0.3, 0.4) is 0 Å². The summed E-state index contributed by atoms with van der Waals surface area (Å²) in [4.78, 5) is 16.2. The normalized spacial score (nSPS) is 17.3. The van der Waals surface area contributed by atoms with Crippen molar-refractivity contribution in [2.24, 2.45) is 0 Å². The summed E-state index contributed by atoms with van der Waals surface area (Å²) in [6.45, 7) is 3.38. The third-order valence-corrected chi connectivity index (χ3v) is 3.97. The number of nitrogens with zero attached hydrogens (tertiary/aromatic N) is 2. The maximum absolute atomic E-state index is 11.8. The molecule has 6 heteroatoms.